The van der Waals surface area contributed by atoms with E-state index in [-0.39, 0.29) is 0 Å². The van der Waals surface area contributed by atoms with Gasteiger partial charge in [-0.25, -0.2) is 0 Å². The van der Waals surface area contributed by atoms with Crippen LogP contribution in [0.5, 0.6) is 0 Å². The van der Waals surface area contributed by atoms with Gasteiger partial charge in [0.2, 0.25) is 0 Å². The normalized spacial score (nSPS) is 22.4. The van der Waals surface area contributed by atoms with Crippen molar-refractivity contribution in [1.82, 2.24) is 19.7 Å². The first-order valence-electron chi connectivity index (χ1n) is 5.55. The molecule has 1 atom stereocenters. The van der Waals surface area contributed by atoms with Gasteiger partial charge in [-0.2, -0.15) is 5.10 Å². The van der Waals surface area contributed by atoms with Crippen molar-refractivity contribution in [3.63, 3.8) is 0 Å². The molecule has 1 aliphatic heterocycles. The third-order valence-electron chi connectivity index (χ3n) is 3.21. The summed E-state index contributed by atoms with van der Waals surface area (Å²) in [6.07, 6.45) is 1.28. The Hall–Kier alpha value is -0.680. The maximum atomic E-state index is 5.20. The maximum absolute atomic E-state index is 5.20. The minimum absolute atomic E-state index is 0.730. The van der Waals surface area contributed by atoms with Crippen molar-refractivity contribution >= 4 is 12.2 Å². The van der Waals surface area contributed by atoms with Gasteiger partial charge in [0, 0.05) is 13.1 Å². The molecule has 1 saturated heterocycles. The van der Waals surface area contributed by atoms with Crippen molar-refractivity contribution in [3.05, 3.63) is 10.6 Å². The number of nitrogens with one attached hydrogen (secondary N) is 1. The van der Waals surface area contributed by atoms with Crippen LogP contribution in [0.4, 0.5) is 0 Å². The highest BCUT2D eigenvalue weighted by molar-refractivity contribution is 7.71. The second-order valence-electron chi connectivity index (χ2n) is 4.23. The van der Waals surface area contributed by atoms with Crippen LogP contribution < -0.4 is 0 Å². The van der Waals surface area contributed by atoms with Gasteiger partial charge in [0.05, 0.1) is 0 Å². The second-order valence-corrected chi connectivity index (χ2v) is 4.62. The zero-order chi connectivity index (χ0) is 10.8. The molecule has 0 radical (unpaired) electrons. The highest BCUT2D eigenvalue weighted by Crippen LogP contribution is 2.18. The second kappa shape index (κ2) is 4.45. The van der Waals surface area contributed by atoms with Gasteiger partial charge in [0.25, 0.3) is 0 Å². The first kappa shape index (κ1) is 10.8. The van der Waals surface area contributed by atoms with E-state index >= 15 is 0 Å². The lowest BCUT2D eigenvalue weighted by Gasteiger charge is -2.13. The molecule has 0 bridgehead atoms. The number of nitrogens with zero attached hydrogens (tertiary/aromatic N) is 3. The first-order chi connectivity index (χ1) is 7.20. The molecule has 0 aromatic carbocycles. The number of aromatic amines is 1. The van der Waals surface area contributed by atoms with Crippen molar-refractivity contribution in [2.24, 2.45) is 5.92 Å². The van der Waals surface area contributed by atoms with Crippen molar-refractivity contribution in [1.29, 1.82) is 0 Å². The molecule has 1 N–H and O–H groups in total. The Balaban J connectivity index is 2.01. The maximum Gasteiger partial charge on any atom is 0.195 e. The number of hydrogen-bond acceptors (Lipinski definition) is 3. The van der Waals surface area contributed by atoms with Crippen molar-refractivity contribution in [2.45, 2.75) is 26.8 Å². The van der Waals surface area contributed by atoms with Gasteiger partial charge in [0.15, 0.2) is 4.77 Å². The average Bonchev–Trinajstić information content (AvgIpc) is 2.80. The molecule has 15 heavy (non-hydrogen) atoms. The molecule has 1 unspecified atom stereocenters. The number of aryl methyl sites for hydroxylation is 1. The van der Waals surface area contributed by atoms with Crippen LogP contribution in [0.15, 0.2) is 0 Å². The summed E-state index contributed by atoms with van der Waals surface area (Å²) in [6, 6.07) is 0. The van der Waals surface area contributed by atoms with Crippen LogP contribution >= 0.6 is 12.2 Å². The lowest BCUT2D eigenvalue weighted by molar-refractivity contribution is 0.331. The van der Waals surface area contributed by atoms with Crippen LogP contribution in [0.2, 0.25) is 0 Å². The average molecular weight is 226 g/mol. The molecule has 1 aliphatic rings. The standard InChI is InChI=1S/C10H18N4S/c1-3-13-5-4-9(6-13)7-14-8(2)11-12-10(14)15/h9H,3-7H2,1-2H3,(H,12,15). The predicted molar refractivity (Wildman–Crippen MR) is 62.4 cm³/mol. The van der Waals surface area contributed by atoms with Gasteiger partial charge in [-0.1, -0.05) is 6.92 Å². The Morgan fingerprint density at radius 1 is 1.60 bits per heavy atom. The third kappa shape index (κ3) is 2.29. The van der Waals surface area contributed by atoms with Crippen LogP contribution in [0.3, 0.4) is 0 Å². The largest absolute Gasteiger partial charge is 0.304 e. The highest BCUT2D eigenvalue weighted by Gasteiger charge is 2.22. The Morgan fingerprint density at radius 3 is 2.93 bits per heavy atom. The smallest absolute Gasteiger partial charge is 0.195 e. The van der Waals surface area contributed by atoms with Crippen molar-refractivity contribution in [2.75, 3.05) is 19.6 Å². The minimum Gasteiger partial charge on any atom is -0.304 e. The van der Waals surface area contributed by atoms with E-state index in [0.29, 0.717) is 0 Å². The monoisotopic (exact) mass is 226 g/mol. The molecule has 1 fully saturated rings. The summed E-state index contributed by atoms with van der Waals surface area (Å²) in [5.41, 5.74) is 0. The molecule has 0 aliphatic carbocycles. The quantitative estimate of drug-likeness (QED) is 0.795. The Labute approximate surface area is 95.3 Å². The summed E-state index contributed by atoms with van der Waals surface area (Å²) >= 11 is 5.20. The molecule has 1 aromatic heterocycles. The lowest BCUT2D eigenvalue weighted by atomic mass is 10.1. The summed E-state index contributed by atoms with van der Waals surface area (Å²) in [7, 11) is 0. The molecule has 4 nitrogen and oxygen atoms in total. The number of rotatable bonds is 3. The summed E-state index contributed by atoms with van der Waals surface area (Å²) in [4.78, 5) is 2.49. The summed E-state index contributed by atoms with van der Waals surface area (Å²) in [5.74, 6) is 1.72. The Bertz CT molecular complexity index is 381. The first-order valence-corrected chi connectivity index (χ1v) is 5.95. The Morgan fingerprint density at radius 2 is 2.40 bits per heavy atom. The van der Waals surface area contributed by atoms with E-state index in [1.54, 1.807) is 0 Å². The van der Waals surface area contributed by atoms with E-state index in [4.69, 9.17) is 12.2 Å². The topological polar surface area (TPSA) is 36.9 Å². The molecule has 0 amide bonds. The van der Waals surface area contributed by atoms with Gasteiger partial charge in [-0.15, -0.1) is 0 Å². The fourth-order valence-corrected chi connectivity index (χ4v) is 2.47. The predicted octanol–water partition coefficient (Wildman–Crippen LogP) is 1.59. The fourth-order valence-electron chi connectivity index (χ4n) is 2.22. The molecule has 2 rings (SSSR count). The van der Waals surface area contributed by atoms with Gasteiger partial charge in [-0.05, 0) is 44.6 Å². The lowest BCUT2D eigenvalue weighted by Crippen LogP contribution is -2.21. The summed E-state index contributed by atoms with van der Waals surface area (Å²) < 4.78 is 2.86. The van der Waals surface area contributed by atoms with E-state index in [0.717, 1.165) is 29.6 Å². The van der Waals surface area contributed by atoms with E-state index in [1.807, 2.05) is 6.92 Å². The summed E-state index contributed by atoms with van der Waals surface area (Å²) in [6.45, 7) is 8.81. The van der Waals surface area contributed by atoms with Crippen molar-refractivity contribution < 1.29 is 0 Å². The number of hydrogen-bond donors (Lipinski definition) is 1. The molecule has 0 spiro atoms. The van der Waals surface area contributed by atoms with Crippen LogP contribution in [-0.2, 0) is 6.54 Å². The molecule has 84 valence electrons. The number of aromatic nitrogens is 3. The van der Waals surface area contributed by atoms with E-state index in [2.05, 4.69) is 26.6 Å². The van der Waals surface area contributed by atoms with Crippen LogP contribution in [0.1, 0.15) is 19.2 Å². The van der Waals surface area contributed by atoms with Gasteiger partial charge < -0.3 is 9.47 Å². The molecule has 2 heterocycles. The molecular formula is C10H18N4S. The highest BCUT2D eigenvalue weighted by atomic mass is 32.1. The van der Waals surface area contributed by atoms with Crippen LogP contribution in [0.25, 0.3) is 0 Å². The SMILES string of the molecule is CCN1CCC(Cn2c(C)n[nH]c2=S)C1. The van der Waals surface area contributed by atoms with E-state index in [9.17, 15) is 0 Å². The minimum atomic E-state index is 0.730. The summed E-state index contributed by atoms with van der Waals surface area (Å²) in [5, 5.41) is 6.97. The third-order valence-corrected chi connectivity index (χ3v) is 3.52. The van der Waals surface area contributed by atoms with Gasteiger partial charge in [0.1, 0.15) is 5.82 Å². The van der Waals surface area contributed by atoms with Crippen molar-refractivity contribution in [3.8, 4) is 0 Å². The fraction of sp³-hybridized carbons (Fsp3) is 0.800. The number of likely N-dealkylation sites (tertiary alicyclic amines) is 1. The molecule has 1 aromatic rings. The van der Waals surface area contributed by atoms with Gasteiger partial charge in [-0.3, -0.25) is 5.10 Å². The van der Waals surface area contributed by atoms with Crippen LogP contribution in [-0.4, -0.2) is 39.3 Å². The van der Waals surface area contributed by atoms with E-state index in [1.165, 1.54) is 19.5 Å². The number of H-pyrrole nitrogens is 1. The van der Waals surface area contributed by atoms with Crippen LogP contribution in [0, 0.1) is 17.6 Å². The van der Waals surface area contributed by atoms with Gasteiger partial charge >= 0.3 is 0 Å². The Kier molecular flexibility index (Phi) is 3.21. The molecule has 0 saturated carbocycles. The zero-order valence-corrected chi connectivity index (χ0v) is 10.2. The zero-order valence-electron chi connectivity index (χ0n) is 9.36. The molecular weight excluding hydrogens is 208 g/mol. The molecule has 5 heteroatoms. The van der Waals surface area contributed by atoms with E-state index < -0.39 is 0 Å².